The average Bonchev–Trinajstić information content (AvgIpc) is 2.97. The molecule has 1 aliphatic carbocycles. The summed E-state index contributed by atoms with van der Waals surface area (Å²) in [5.41, 5.74) is 1.22. The minimum Gasteiger partial charge on any atom is -0.338 e. The molecule has 0 radical (unpaired) electrons. The van der Waals surface area contributed by atoms with Crippen LogP contribution in [0, 0.1) is 0 Å². The van der Waals surface area contributed by atoms with Gasteiger partial charge in [0.05, 0.1) is 0 Å². The predicted molar refractivity (Wildman–Crippen MR) is 69.8 cm³/mol. The van der Waals surface area contributed by atoms with Gasteiger partial charge in [0.1, 0.15) is 0 Å². The van der Waals surface area contributed by atoms with Crippen LogP contribution in [0.3, 0.4) is 0 Å². The van der Waals surface area contributed by atoms with Crippen molar-refractivity contribution in [1.29, 1.82) is 0 Å². The molecule has 96 valence electrons. The SMILES string of the molecule is C=C(C)CN1CCC[C@H]1CN(C(C)=O)C1CC1. The topological polar surface area (TPSA) is 23.6 Å². The van der Waals surface area contributed by atoms with Gasteiger partial charge < -0.3 is 4.90 Å². The van der Waals surface area contributed by atoms with Gasteiger partial charge in [0.15, 0.2) is 0 Å². The number of hydrogen-bond acceptors (Lipinski definition) is 2. The molecule has 3 heteroatoms. The zero-order valence-corrected chi connectivity index (χ0v) is 11.1. The maximum Gasteiger partial charge on any atom is 0.219 e. The molecule has 0 unspecified atom stereocenters. The molecular weight excluding hydrogens is 212 g/mol. The van der Waals surface area contributed by atoms with Gasteiger partial charge in [0.2, 0.25) is 5.91 Å². The summed E-state index contributed by atoms with van der Waals surface area (Å²) in [5, 5.41) is 0. The molecule has 1 heterocycles. The number of nitrogens with zero attached hydrogens (tertiary/aromatic N) is 2. The van der Waals surface area contributed by atoms with Gasteiger partial charge in [-0.15, -0.1) is 0 Å². The summed E-state index contributed by atoms with van der Waals surface area (Å²) < 4.78 is 0. The summed E-state index contributed by atoms with van der Waals surface area (Å²) in [5.74, 6) is 0.245. The smallest absolute Gasteiger partial charge is 0.219 e. The third-order valence-electron chi connectivity index (χ3n) is 3.77. The fourth-order valence-corrected chi connectivity index (χ4v) is 2.80. The van der Waals surface area contributed by atoms with Crippen molar-refractivity contribution in [2.45, 2.75) is 51.6 Å². The van der Waals surface area contributed by atoms with E-state index in [0.717, 1.165) is 19.6 Å². The van der Waals surface area contributed by atoms with Crippen LogP contribution in [-0.2, 0) is 4.79 Å². The molecule has 2 fully saturated rings. The highest BCUT2D eigenvalue weighted by molar-refractivity contribution is 5.74. The Morgan fingerprint density at radius 2 is 2.06 bits per heavy atom. The molecule has 1 amide bonds. The van der Waals surface area contributed by atoms with Crippen LogP contribution in [-0.4, -0.2) is 47.4 Å². The van der Waals surface area contributed by atoms with E-state index in [4.69, 9.17) is 0 Å². The van der Waals surface area contributed by atoms with Crippen molar-refractivity contribution in [3.8, 4) is 0 Å². The number of likely N-dealkylation sites (tertiary alicyclic amines) is 1. The number of carbonyl (C=O) groups is 1. The first-order valence-corrected chi connectivity index (χ1v) is 6.73. The molecule has 0 spiro atoms. The summed E-state index contributed by atoms with van der Waals surface area (Å²) in [4.78, 5) is 16.2. The van der Waals surface area contributed by atoms with E-state index < -0.39 is 0 Å². The first kappa shape index (κ1) is 12.6. The van der Waals surface area contributed by atoms with Crippen molar-refractivity contribution in [2.75, 3.05) is 19.6 Å². The first-order valence-electron chi connectivity index (χ1n) is 6.73. The Morgan fingerprint density at radius 3 is 2.59 bits per heavy atom. The Labute approximate surface area is 104 Å². The molecule has 1 aliphatic heterocycles. The van der Waals surface area contributed by atoms with Gasteiger partial charge in [-0.25, -0.2) is 0 Å². The van der Waals surface area contributed by atoms with Crippen molar-refractivity contribution < 1.29 is 4.79 Å². The third-order valence-corrected chi connectivity index (χ3v) is 3.77. The number of rotatable bonds is 5. The lowest BCUT2D eigenvalue weighted by molar-refractivity contribution is -0.130. The molecule has 0 aromatic carbocycles. The Hall–Kier alpha value is -0.830. The minimum absolute atomic E-state index is 0.245. The van der Waals surface area contributed by atoms with E-state index in [2.05, 4.69) is 23.3 Å². The van der Waals surface area contributed by atoms with E-state index in [9.17, 15) is 4.79 Å². The Balaban J connectivity index is 1.91. The fraction of sp³-hybridized carbons (Fsp3) is 0.786. The standard InChI is InChI=1S/C14H24N2O/c1-11(2)9-15-8-4-5-14(15)10-16(12(3)17)13-6-7-13/h13-14H,1,4-10H2,2-3H3/t14-/m0/s1. The first-order chi connectivity index (χ1) is 8.08. The monoisotopic (exact) mass is 236 g/mol. The van der Waals surface area contributed by atoms with Crippen LogP contribution >= 0.6 is 0 Å². The Kier molecular flexibility index (Phi) is 3.87. The van der Waals surface area contributed by atoms with Gasteiger partial charge in [0.25, 0.3) is 0 Å². The molecule has 0 bridgehead atoms. The van der Waals surface area contributed by atoms with E-state index in [-0.39, 0.29) is 5.91 Å². The molecule has 1 atom stereocenters. The average molecular weight is 236 g/mol. The summed E-state index contributed by atoms with van der Waals surface area (Å²) in [6.07, 6.45) is 4.89. The summed E-state index contributed by atoms with van der Waals surface area (Å²) >= 11 is 0. The largest absolute Gasteiger partial charge is 0.338 e. The molecule has 1 saturated heterocycles. The van der Waals surface area contributed by atoms with Crippen molar-refractivity contribution in [2.24, 2.45) is 0 Å². The van der Waals surface area contributed by atoms with Crippen LogP contribution in [0.25, 0.3) is 0 Å². The second kappa shape index (κ2) is 5.21. The van der Waals surface area contributed by atoms with Crippen molar-refractivity contribution in [3.05, 3.63) is 12.2 Å². The third kappa shape index (κ3) is 3.32. The number of hydrogen-bond donors (Lipinski definition) is 0. The van der Waals surface area contributed by atoms with Crippen LogP contribution in [0.5, 0.6) is 0 Å². The van der Waals surface area contributed by atoms with E-state index in [1.165, 1.54) is 31.3 Å². The summed E-state index contributed by atoms with van der Waals surface area (Å²) in [7, 11) is 0. The number of amides is 1. The summed E-state index contributed by atoms with van der Waals surface area (Å²) in [6, 6.07) is 1.09. The molecule has 17 heavy (non-hydrogen) atoms. The minimum atomic E-state index is 0.245. The van der Waals surface area contributed by atoms with Gasteiger partial charge in [-0.2, -0.15) is 0 Å². The maximum absolute atomic E-state index is 11.6. The van der Waals surface area contributed by atoms with Gasteiger partial charge in [-0.1, -0.05) is 12.2 Å². The Bertz CT molecular complexity index is 309. The van der Waals surface area contributed by atoms with Crippen molar-refractivity contribution in [1.82, 2.24) is 9.80 Å². The van der Waals surface area contributed by atoms with Crippen LogP contribution in [0.4, 0.5) is 0 Å². The molecule has 3 nitrogen and oxygen atoms in total. The second-order valence-corrected chi connectivity index (χ2v) is 5.63. The molecule has 0 aromatic heterocycles. The second-order valence-electron chi connectivity index (χ2n) is 5.63. The van der Waals surface area contributed by atoms with Gasteiger partial charge in [-0.3, -0.25) is 9.69 Å². The van der Waals surface area contributed by atoms with Gasteiger partial charge >= 0.3 is 0 Å². The zero-order valence-electron chi connectivity index (χ0n) is 11.1. The van der Waals surface area contributed by atoms with Crippen LogP contribution in [0.15, 0.2) is 12.2 Å². The fourth-order valence-electron chi connectivity index (χ4n) is 2.80. The summed E-state index contributed by atoms with van der Waals surface area (Å²) in [6.45, 7) is 10.9. The van der Waals surface area contributed by atoms with E-state index in [1.807, 2.05) is 0 Å². The highest BCUT2D eigenvalue weighted by atomic mass is 16.2. The van der Waals surface area contributed by atoms with Gasteiger partial charge in [0, 0.05) is 32.1 Å². The molecule has 0 N–H and O–H groups in total. The van der Waals surface area contributed by atoms with E-state index in [0.29, 0.717) is 12.1 Å². The molecule has 2 aliphatic rings. The van der Waals surface area contributed by atoms with Gasteiger partial charge in [-0.05, 0) is 39.2 Å². The van der Waals surface area contributed by atoms with E-state index >= 15 is 0 Å². The van der Waals surface area contributed by atoms with Crippen LogP contribution in [0.2, 0.25) is 0 Å². The molecule has 0 aromatic rings. The number of carbonyl (C=O) groups excluding carboxylic acids is 1. The predicted octanol–water partition coefficient (Wildman–Crippen LogP) is 2.04. The lowest BCUT2D eigenvalue weighted by Gasteiger charge is -2.30. The Morgan fingerprint density at radius 1 is 1.35 bits per heavy atom. The zero-order chi connectivity index (χ0) is 12.4. The van der Waals surface area contributed by atoms with E-state index in [1.54, 1.807) is 6.92 Å². The van der Waals surface area contributed by atoms with Crippen LogP contribution in [0.1, 0.15) is 39.5 Å². The lowest BCUT2D eigenvalue weighted by atomic mass is 10.2. The van der Waals surface area contributed by atoms with Crippen LogP contribution < -0.4 is 0 Å². The highest BCUT2D eigenvalue weighted by Gasteiger charge is 2.34. The maximum atomic E-state index is 11.6. The van der Waals surface area contributed by atoms with Crippen molar-refractivity contribution in [3.63, 3.8) is 0 Å². The molecule has 1 saturated carbocycles. The molecular formula is C14H24N2O. The normalized spacial score (nSPS) is 24.9. The molecule has 2 rings (SSSR count). The van der Waals surface area contributed by atoms with Crippen molar-refractivity contribution >= 4 is 5.91 Å². The quantitative estimate of drug-likeness (QED) is 0.682. The lowest BCUT2D eigenvalue weighted by Crippen LogP contribution is -2.43. The highest BCUT2D eigenvalue weighted by Crippen LogP contribution is 2.29.